The number of piperidine rings is 1. The van der Waals surface area contributed by atoms with Crippen molar-refractivity contribution in [2.24, 2.45) is 5.92 Å². The van der Waals surface area contributed by atoms with Gasteiger partial charge in [-0.15, -0.1) is 0 Å². The second-order valence-corrected chi connectivity index (χ2v) is 10.2. The van der Waals surface area contributed by atoms with E-state index >= 15 is 0 Å². The first-order valence-electron chi connectivity index (χ1n) is 11.7. The van der Waals surface area contributed by atoms with Gasteiger partial charge >= 0.3 is 0 Å². The molecule has 4 heterocycles. The normalized spacial score (nSPS) is 22.2. The molecule has 2 unspecified atom stereocenters. The molecule has 0 N–H and O–H groups in total. The summed E-state index contributed by atoms with van der Waals surface area (Å²) in [6, 6.07) is 9.19. The fraction of sp³-hybridized carbons (Fsp3) is 0.462. The van der Waals surface area contributed by atoms with Crippen molar-refractivity contribution in [3.05, 3.63) is 75.1 Å². The summed E-state index contributed by atoms with van der Waals surface area (Å²) in [6.07, 6.45) is 2.17. The zero-order valence-electron chi connectivity index (χ0n) is 19.2. The lowest BCUT2D eigenvalue weighted by molar-refractivity contribution is 0.0779. The molecular formula is C26H30FN3O2S. The number of hydrogen-bond acceptors (Lipinski definition) is 5. The van der Waals surface area contributed by atoms with Gasteiger partial charge in [-0.25, -0.2) is 4.39 Å². The Balaban J connectivity index is 1.26. The Morgan fingerprint density at radius 2 is 1.88 bits per heavy atom. The standard InChI is InChI=1S/C26H30FN3O2S/c1-17-25(18(2)32-28-17)26(31)30-14-22(24(15-30)21-9-12-33-16-21)13-29-10-7-20(8-11-29)19-3-5-23(27)6-4-19/h3-6,9,12,16,20,22,24H,7-8,10-11,13-15H2,1-2H3. The summed E-state index contributed by atoms with van der Waals surface area (Å²) in [6.45, 7) is 8.18. The Labute approximate surface area is 198 Å². The molecule has 5 rings (SSSR count). The molecule has 2 atom stereocenters. The van der Waals surface area contributed by atoms with Gasteiger partial charge in [0.05, 0.1) is 5.69 Å². The first-order valence-corrected chi connectivity index (χ1v) is 12.7. The van der Waals surface area contributed by atoms with Crippen LogP contribution in [0.15, 0.2) is 45.6 Å². The van der Waals surface area contributed by atoms with Crippen molar-refractivity contribution < 1.29 is 13.7 Å². The number of aryl methyl sites for hydroxylation is 2. The average Bonchev–Trinajstić information content (AvgIpc) is 3.55. The van der Waals surface area contributed by atoms with Crippen molar-refractivity contribution in [1.29, 1.82) is 0 Å². The molecule has 0 radical (unpaired) electrons. The first kappa shape index (κ1) is 22.3. The van der Waals surface area contributed by atoms with Crippen LogP contribution in [0.4, 0.5) is 4.39 Å². The van der Waals surface area contributed by atoms with Crippen molar-refractivity contribution in [2.45, 2.75) is 38.5 Å². The number of halogens is 1. The van der Waals surface area contributed by atoms with Gasteiger partial charge in [-0.2, -0.15) is 11.3 Å². The quantitative estimate of drug-likeness (QED) is 0.516. The number of carbonyl (C=O) groups excluding carboxylic acids is 1. The van der Waals surface area contributed by atoms with Gasteiger partial charge in [0.25, 0.3) is 5.91 Å². The van der Waals surface area contributed by atoms with Crippen LogP contribution in [-0.4, -0.2) is 53.6 Å². The van der Waals surface area contributed by atoms with Gasteiger partial charge in [-0.05, 0) is 91.7 Å². The van der Waals surface area contributed by atoms with Gasteiger partial charge < -0.3 is 14.3 Å². The van der Waals surface area contributed by atoms with Gasteiger partial charge in [0.2, 0.25) is 0 Å². The Bertz CT molecular complexity index is 1070. The third-order valence-corrected chi connectivity index (χ3v) is 8.07. The fourth-order valence-electron chi connectivity index (χ4n) is 5.55. The summed E-state index contributed by atoms with van der Waals surface area (Å²) in [5.41, 5.74) is 3.85. The van der Waals surface area contributed by atoms with Crippen molar-refractivity contribution in [2.75, 3.05) is 32.7 Å². The Kier molecular flexibility index (Phi) is 6.34. The predicted octanol–water partition coefficient (Wildman–Crippen LogP) is 5.23. The number of thiophene rings is 1. The van der Waals surface area contributed by atoms with Crippen molar-refractivity contribution in [1.82, 2.24) is 15.0 Å². The van der Waals surface area contributed by atoms with E-state index in [1.165, 1.54) is 11.1 Å². The van der Waals surface area contributed by atoms with Crippen LogP contribution in [0.25, 0.3) is 0 Å². The smallest absolute Gasteiger partial charge is 0.259 e. The van der Waals surface area contributed by atoms with Gasteiger partial charge in [-0.1, -0.05) is 17.3 Å². The number of rotatable bonds is 5. The van der Waals surface area contributed by atoms with Crippen LogP contribution in [0.5, 0.6) is 0 Å². The number of amides is 1. The highest BCUT2D eigenvalue weighted by molar-refractivity contribution is 7.08. The Morgan fingerprint density at radius 1 is 1.12 bits per heavy atom. The average molecular weight is 468 g/mol. The zero-order valence-corrected chi connectivity index (χ0v) is 20.0. The van der Waals surface area contributed by atoms with Crippen LogP contribution in [0, 0.1) is 25.6 Å². The highest BCUT2D eigenvalue weighted by Crippen LogP contribution is 2.37. The number of benzene rings is 1. The summed E-state index contributed by atoms with van der Waals surface area (Å²) in [4.78, 5) is 17.9. The molecule has 0 saturated carbocycles. The lowest BCUT2D eigenvalue weighted by Crippen LogP contribution is -2.38. The molecule has 2 aliphatic rings. The number of likely N-dealkylation sites (tertiary alicyclic amines) is 2. The van der Waals surface area contributed by atoms with Gasteiger partial charge in [0.1, 0.15) is 17.1 Å². The Morgan fingerprint density at radius 3 is 2.52 bits per heavy atom. The van der Waals surface area contributed by atoms with E-state index in [0.717, 1.165) is 45.6 Å². The third kappa shape index (κ3) is 4.62. The molecule has 0 aliphatic carbocycles. The van der Waals surface area contributed by atoms with Crippen LogP contribution >= 0.6 is 11.3 Å². The molecular weight excluding hydrogens is 437 g/mol. The minimum Gasteiger partial charge on any atom is -0.361 e. The summed E-state index contributed by atoms with van der Waals surface area (Å²) < 4.78 is 18.5. The van der Waals surface area contributed by atoms with Crippen LogP contribution in [0.2, 0.25) is 0 Å². The SMILES string of the molecule is Cc1noc(C)c1C(=O)N1CC(CN2CCC(c3ccc(F)cc3)CC2)C(c2ccsc2)C1. The molecule has 33 heavy (non-hydrogen) atoms. The van der Waals surface area contributed by atoms with Gasteiger partial charge in [-0.3, -0.25) is 4.79 Å². The molecule has 7 heteroatoms. The summed E-state index contributed by atoms with van der Waals surface area (Å²) in [7, 11) is 0. The molecule has 3 aromatic rings. The van der Waals surface area contributed by atoms with E-state index < -0.39 is 0 Å². The van der Waals surface area contributed by atoms with E-state index in [2.05, 4.69) is 26.9 Å². The minimum absolute atomic E-state index is 0.0315. The lowest BCUT2D eigenvalue weighted by Gasteiger charge is -2.34. The van der Waals surface area contributed by atoms with E-state index in [4.69, 9.17) is 4.52 Å². The summed E-state index contributed by atoms with van der Waals surface area (Å²) in [5.74, 6) is 1.69. The second kappa shape index (κ2) is 9.39. The van der Waals surface area contributed by atoms with Crippen molar-refractivity contribution in [3.63, 3.8) is 0 Å². The summed E-state index contributed by atoms with van der Waals surface area (Å²) in [5, 5.41) is 8.33. The number of carbonyl (C=O) groups is 1. The van der Waals surface area contributed by atoms with Gasteiger partial charge in [0, 0.05) is 25.6 Å². The van der Waals surface area contributed by atoms with E-state index in [0.29, 0.717) is 34.8 Å². The van der Waals surface area contributed by atoms with Crippen molar-refractivity contribution in [3.8, 4) is 0 Å². The van der Waals surface area contributed by atoms with Crippen LogP contribution < -0.4 is 0 Å². The maximum Gasteiger partial charge on any atom is 0.259 e. The first-order chi connectivity index (χ1) is 16.0. The van der Waals surface area contributed by atoms with Crippen molar-refractivity contribution >= 4 is 17.2 Å². The molecule has 2 aromatic heterocycles. The molecule has 1 amide bonds. The van der Waals surface area contributed by atoms with Crippen LogP contribution in [0.1, 0.15) is 57.6 Å². The van der Waals surface area contributed by atoms with E-state index in [1.807, 2.05) is 30.9 Å². The number of aromatic nitrogens is 1. The molecule has 174 valence electrons. The second-order valence-electron chi connectivity index (χ2n) is 9.46. The maximum atomic E-state index is 13.3. The number of nitrogens with zero attached hydrogens (tertiary/aromatic N) is 3. The molecule has 0 spiro atoms. The molecule has 5 nitrogen and oxygen atoms in total. The lowest BCUT2D eigenvalue weighted by atomic mass is 9.87. The third-order valence-electron chi connectivity index (χ3n) is 7.37. The molecule has 0 bridgehead atoms. The monoisotopic (exact) mass is 467 g/mol. The van der Waals surface area contributed by atoms with E-state index in [1.54, 1.807) is 23.5 Å². The molecule has 2 aliphatic heterocycles. The van der Waals surface area contributed by atoms with E-state index in [9.17, 15) is 9.18 Å². The maximum absolute atomic E-state index is 13.3. The highest BCUT2D eigenvalue weighted by Gasteiger charge is 2.39. The van der Waals surface area contributed by atoms with Crippen LogP contribution in [-0.2, 0) is 0 Å². The topological polar surface area (TPSA) is 49.6 Å². The molecule has 2 fully saturated rings. The molecule has 2 saturated heterocycles. The van der Waals surface area contributed by atoms with Crippen LogP contribution in [0.3, 0.4) is 0 Å². The fourth-order valence-corrected chi connectivity index (χ4v) is 6.27. The highest BCUT2D eigenvalue weighted by atomic mass is 32.1. The largest absolute Gasteiger partial charge is 0.361 e. The van der Waals surface area contributed by atoms with Gasteiger partial charge in [0.15, 0.2) is 0 Å². The van der Waals surface area contributed by atoms with E-state index in [-0.39, 0.29) is 11.7 Å². The Hall–Kier alpha value is -2.51. The summed E-state index contributed by atoms with van der Waals surface area (Å²) >= 11 is 1.72. The predicted molar refractivity (Wildman–Crippen MR) is 127 cm³/mol. The minimum atomic E-state index is -0.174. The molecule has 1 aromatic carbocycles. The number of hydrogen-bond donors (Lipinski definition) is 0. The zero-order chi connectivity index (χ0) is 22.9.